The normalized spacial score (nSPS) is 28.9. The molecule has 1 saturated heterocycles. The molecule has 17 heavy (non-hydrogen) atoms. The Morgan fingerprint density at radius 2 is 2.00 bits per heavy atom. The van der Waals surface area contributed by atoms with Crippen LogP contribution in [0.15, 0.2) is 0 Å². The molecule has 2 atom stereocenters. The van der Waals surface area contributed by atoms with Gasteiger partial charge in [-0.2, -0.15) is 0 Å². The van der Waals surface area contributed by atoms with Crippen LogP contribution >= 0.6 is 0 Å². The predicted molar refractivity (Wildman–Crippen MR) is 74.3 cm³/mol. The second-order valence-corrected chi connectivity index (χ2v) is 6.20. The van der Waals surface area contributed by atoms with Crippen molar-refractivity contribution in [1.29, 1.82) is 0 Å². The lowest BCUT2D eigenvalue weighted by atomic mass is 10.0. The van der Waals surface area contributed by atoms with E-state index in [2.05, 4.69) is 24.1 Å². The van der Waals surface area contributed by atoms with E-state index in [1.807, 2.05) is 0 Å². The van der Waals surface area contributed by atoms with Crippen LogP contribution < -0.4 is 5.32 Å². The van der Waals surface area contributed by atoms with E-state index < -0.39 is 0 Å². The van der Waals surface area contributed by atoms with Gasteiger partial charge in [0.1, 0.15) is 0 Å². The molecule has 0 aromatic rings. The van der Waals surface area contributed by atoms with Gasteiger partial charge in [-0.25, -0.2) is 0 Å². The van der Waals surface area contributed by atoms with Crippen LogP contribution in [0.3, 0.4) is 0 Å². The van der Waals surface area contributed by atoms with Gasteiger partial charge in [0.2, 0.25) is 0 Å². The van der Waals surface area contributed by atoms with Gasteiger partial charge in [-0.15, -0.1) is 0 Å². The molecular weight excluding hydrogens is 208 g/mol. The minimum Gasteiger partial charge on any atom is -0.312 e. The van der Waals surface area contributed by atoms with Crippen LogP contribution in [0, 0.1) is 5.92 Å². The number of nitrogens with one attached hydrogen (secondary N) is 1. The Hall–Kier alpha value is -0.0800. The van der Waals surface area contributed by atoms with Gasteiger partial charge in [0.25, 0.3) is 0 Å². The highest BCUT2D eigenvalue weighted by molar-refractivity contribution is 4.85. The Morgan fingerprint density at radius 1 is 1.18 bits per heavy atom. The van der Waals surface area contributed by atoms with Crippen LogP contribution in [0.4, 0.5) is 0 Å². The number of hydrogen-bond donors (Lipinski definition) is 1. The van der Waals surface area contributed by atoms with Crippen molar-refractivity contribution in [1.82, 2.24) is 10.2 Å². The van der Waals surface area contributed by atoms with E-state index in [1.54, 1.807) is 0 Å². The van der Waals surface area contributed by atoms with Crippen molar-refractivity contribution in [2.45, 2.75) is 70.9 Å². The summed E-state index contributed by atoms with van der Waals surface area (Å²) < 4.78 is 0. The Kier molecular flexibility index (Phi) is 5.30. The van der Waals surface area contributed by atoms with E-state index in [0.29, 0.717) is 0 Å². The Labute approximate surface area is 107 Å². The first kappa shape index (κ1) is 13.4. The van der Waals surface area contributed by atoms with Crippen molar-refractivity contribution in [2.75, 3.05) is 19.6 Å². The summed E-state index contributed by atoms with van der Waals surface area (Å²) >= 11 is 0. The summed E-state index contributed by atoms with van der Waals surface area (Å²) in [6.07, 6.45) is 9.77. The van der Waals surface area contributed by atoms with Gasteiger partial charge in [-0.05, 0) is 57.5 Å². The Morgan fingerprint density at radius 3 is 2.71 bits per heavy atom. The first-order valence-corrected chi connectivity index (χ1v) is 7.77. The molecule has 0 amide bonds. The third-order valence-corrected chi connectivity index (χ3v) is 4.41. The number of rotatable bonds is 6. The number of nitrogens with zero attached hydrogens (tertiary/aromatic N) is 1. The SMILES string of the molecule is CCCC(CNC1CC1)N1CCCC(C)CC1. The lowest BCUT2D eigenvalue weighted by molar-refractivity contribution is 0.185. The molecular formula is C15H30N2. The van der Waals surface area contributed by atoms with Gasteiger partial charge >= 0.3 is 0 Å². The summed E-state index contributed by atoms with van der Waals surface area (Å²) in [6.45, 7) is 8.64. The highest BCUT2D eigenvalue weighted by Crippen LogP contribution is 2.22. The standard InChI is InChI=1S/C15H30N2/c1-3-5-15(12-16-14-7-8-14)17-10-4-6-13(2)9-11-17/h13-16H,3-12H2,1-2H3. The van der Waals surface area contributed by atoms with Crippen molar-refractivity contribution in [3.8, 4) is 0 Å². The molecule has 1 N–H and O–H groups in total. The average molecular weight is 238 g/mol. The van der Waals surface area contributed by atoms with Crippen LogP contribution in [-0.2, 0) is 0 Å². The van der Waals surface area contributed by atoms with E-state index in [0.717, 1.165) is 18.0 Å². The Balaban J connectivity index is 1.79. The maximum Gasteiger partial charge on any atom is 0.0220 e. The second-order valence-electron chi connectivity index (χ2n) is 6.20. The van der Waals surface area contributed by atoms with E-state index in [4.69, 9.17) is 0 Å². The largest absolute Gasteiger partial charge is 0.312 e. The van der Waals surface area contributed by atoms with E-state index in [1.165, 1.54) is 64.6 Å². The summed E-state index contributed by atoms with van der Waals surface area (Å²) in [4.78, 5) is 2.77. The lowest BCUT2D eigenvalue weighted by Crippen LogP contribution is -2.43. The molecule has 1 aliphatic carbocycles. The fourth-order valence-electron chi connectivity index (χ4n) is 2.99. The zero-order valence-electron chi connectivity index (χ0n) is 11.8. The fourth-order valence-corrected chi connectivity index (χ4v) is 2.99. The van der Waals surface area contributed by atoms with Crippen LogP contribution in [0.5, 0.6) is 0 Å². The van der Waals surface area contributed by atoms with Crippen molar-refractivity contribution < 1.29 is 0 Å². The first-order chi connectivity index (χ1) is 8.29. The van der Waals surface area contributed by atoms with Crippen LogP contribution in [0.2, 0.25) is 0 Å². The quantitative estimate of drug-likeness (QED) is 0.765. The van der Waals surface area contributed by atoms with Crippen LogP contribution in [0.1, 0.15) is 58.8 Å². The molecule has 2 nitrogen and oxygen atoms in total. The Bertz CT molecular complexity index is 213. The molecule has 0 spiro atoms. The van der Waals surface area contributed by atoms with Gasteiger partial charge in [0, 0.05) is 18.6 Å². The van der Waals surface area contributed by atoms with Gasteiger partial charge < -0.3 is 5.32 Å². The van der Waals surface area contributed by atoms with Gasteiger partial charge in [-0.1, -0.05) is 20.3 Å². The third kappa shape index (κ3) is 4.59. The maximum absolute atomic E-state index is 3.73. The molecule has 2 aliphatic rings. The molecule has 0 radical (unpaired) electrons. The van der Waals surface area contributed by atoms with Crippen LogP contribution in [0.25, 0.3) is 0 Å². The topological polar surface area (TPSA) is 15.3 Å². The summed E-state index contributed by atoms with van der Waals surface area (Å²) in [7, 11) is 0. The summed E-state index contributed by atoms with van der Waals surface area (Å²) in [5.74, 6) is 0.943. The van der Waals surface area contributed by atoms with E-state index >= 15 is 0 Å². The van der Waals surface area contributed by atoms with Crippen molar-refractivity contribution >= 4 is 0 Å². The lowest BCUT2D eigenvalue weighted by Gasteiger charge is -2.31. The number of hydrogen-bond acceptors (Lipinski definition) is 2. The van der Waals surface area contributed by atoms with Crippen molar-refractivity contribution in [2.24, 2.45) is 5.92 Å². The summed E-state index contributed by atoms with van der Waals surface area (Å²) in [5.41, 5.74) is 0. The van der Waals surface area contributed by atoms with Gasteiger partial charge in [0.15, 0.2) is 0 Å². The molecule has 0 aromatic carbocycles. The molecule has 0 bridgehead atoms. The zero-order valence-corrected chi connectivity index (χ0v) is 11.8. The van der Waals surface area contributed by atoms with Gasteiger partial charge in [-0.3, -0.25) is 4.90 Å². The molecule has 2 heteroatoms. The van der Waals surface area contributed by atoms with Gasteiger partial charge in [0.05, 0.1) is 0 Å². The smallest absolute Gasteiger partial charge is 0.0220 e. The average Bonchev–Trinajstić information content (AvgIpc) is 3.12. The minimum absolute atomic E-state index is 0.797. The van der Waals surface area contributed by atoms with Crippen molar-refractivity contribution in [3.05, 3.63) is 0 Å². The predicted octanol–water partition coefficient (Wildman–Crippen LogP) is 3.03. The molecule has 2 rings (SSSR count). The molecule has 100 valence electrons. The summed E-state index contributed by atoms with van der Waals surface area (Å²) in [6, 6.07) is 1.66. The third-order valence-electron chi connectivity index (χ3n) is 4.41. The number of likely N-dealkylation sites (tertiary alicyclic amines) is 1. The van der Waals surface area contributed by atoms with E-state index in [9.17, 15) is 0 Å². The monoisotopic (exact) mass is 238 g/mol. The first-order valence-electron chi connectivity index (χ1n) is 7.77. The highest BCUT2D eigenvalue weighted by Gasteiger charge is 2.25. The molecule has 0 aromatic heterocycles. The second kappa shape index (κ2) is 6.75. The zero-order chi connectivity index (χ0) is 12.1. The van der Waals surface area contributed by atoms with Crippen LogP contribution in [-0.4, -0.2) is 36.6 Å². The molecule has 2 unspecified atom stereocenters. The van der Waals surface area contributed by atoms with Crippen molar-refractivity contribution in [3.63, 3.8) is 0 Å². The minimum atomic E-state index is 0.797. The maximum atomic E-state index is 3.73. The highest BCUT2D eigenvalue weighted by atomic mass is 15.2. The molecule has 1 heterocycles. The molecule has 2 fully saturated rings. The summed E-state index contributed by atoms with van der Waals surface area (Å²) in [5, 5.41) is 3.73. The molecule has 1 saturated carbocycles. The fraction of sp³-hybridized carbons (Fsp3) is 1.00. The van der Waals surface area contributed by atoms with E-state index in [-0.39, 0.29) is 0 Å². The molecule has 1 aliphatic heterocycles.